The second kappa shape index (κ2) is 5.10. The van der Waals surface area contributed by atoms with Gasteiger partial charge in [0.2, 0.25) is 0 Å². The fourth-order valence-corrected chi connectivity index (χ4v) is 2.12. The van der Waals surface area contributed by atoms with Crippen molar-refractivity contribution >= 4 is 14.0 Å². The number of hydrogen-bond donors (Lipinski definition) is 1. The molecule has 0 saturated carbocycles. The molecular formula is C13H22N2OSi. The molecule has 94 valence electrons. The summed E-state index contributed by atoms with van der Waals surface area (Å²) >= 11 is 0. The highest BCUT2D eigenvalue weighted by Crippen LogP contribution is 2.37. The second-order valence-corrected chi connectivity index (χ2v) is 10.7. The molecule has 1 rings (SSSR count). The first kappa shape index (κ1) is 14.1. The summed E-state index contributed by atoms with van der Waals surface area (Å²) in [4.78, 5) is 0. The lowest BCUT2D eigenvalue weighted by Gasteiger charge is -2.36. The van der Waals surface area contributed by atoms with E-state index >= 15 is 0 Å². The van der Waals surface area contributed by atoms with E-state index in [0.29, 0.717) is 12.3 Å². The Balaban J connectivity index is 2.64. The summed E-state index contributed by atoms with van der Waals surface area (Å²) in [6, 6.07) is 7.60. The van der Waals surface area contributed by atoms with Crippen molar-refractivity contribution in [3.8, 4) is 0 Å². The summed E-state index contributed by atoms with van der Waals surface area (Å²) in [6.07, 6.45) is 0. The maximum atomic E-state index is 8.72. The molecule has 0 aliphatic rings. The number of nitrogens with zero attached hydrogens (tertiary/aromatic N) is 1. The van der Waals surface area contributed by atoms with E-state index in [1.165, 1.54) is 0 Å². The summed E-state index contributed by atoms with van der Waals surface area (Å²) < 4.78 is 6.11. The van der Waals surface area contributed by atoms with Crippen molar-refractivity contribution in [2.24, 2.45) is 0 Å². The van der Waals surface area contributed by atoms with Crippen LogP contribution in [0, 0.1) is 0 Å². The number of hydrogen-bond acceptors (Lipinski definition) is 1. The predicted octanol–water partition coefficient (Wildman–Crippen LogP) is 2.94. The van der Waals surface area contributed by atoms with Gasteiger partial charge in [0.05, 0.1) is 6.61 Å². The zero-order valence-electron chi connectivity index (χ0n) is 11.4. The first-order valence-corrected chi connectivity index (χ1v) is 8.80. The SMILES string of the molecule is CC(C)(C)[Si](C)(C)OCc1ccc([NH+]=[N-])cc1. The molecule has 0 atom stereocenters. The average Bonchev–Trinajstić information content (AvgIpc) is 2.25. The lowest BCUT2D eigenvalue weighted by atomic mass is 10.2. The number of benzene rings is 1. The fraction of sp³-hybridized carbons (Fsp3) is 0.538. The van der Waals surface area contributed by atoms with Gasteiger partial charge >= 0.3 is 0 Å². The van der Waals surface area contributed by atoms with Gasteiger partial charge in [-0.05, 0) is 23.7 Å². The first-order chi connectivity index (χ1) is 7.76. The lowest BCUT2D eigenvalue weighted by Crippen LogP contribution is -2.54. The highest BCUT2D eigenvalue weighted by molar-refractivity contribution is 6.74. The van der Waals surface area contributed by atoms with Crippen LogP contribution in [-0.2, 0) is 11.0 Å². The average molecular weight is 250 g/mol. The molecule has 0 heterocycles. The van der Waals surface area contributed by atoms with Crippen LogP contribution in [-0.4, -0.2) is 8.32 Å². The van der Waals surface area contributed by atoms with Crippen LogP contribution in [0.4, 0.5) is 5.69 Å². The monoisotopic (exact) mass is 250 g/mol. The molecule has 0 radical (unpaired) electrons. The standard InChI is InChI=1S/C13H22N2OSi/c1-13(2,3)17(4,5)16-10-11-6-8-12(15-14)9-7-11/h6-9,15H,10H2,1-5H3. The van der Waals surface area contributed by atoms with E-state index in [2.05, 4.69) is 39.0 Å². The largest absolute Gasteiger partial charge is 0.502 e. The van der Waals surface area contributed by atoms with Gasteiger partial charge in [0, 0.05) is 12.1 Å². The van der Waals surface area contributed by atoms with Crippen LogP contribution in [0.2, 0.25) is 18.1 Å². The molecule has 1 N–H and O–H groups in total. The summed E-state index contributed by atoms with van der Waals surface area (Å²) in [5.41, 5.74) is 10.5. The normalized spacial score (nSPS) is 12.5. The Morgan fingerprint density at radius 1 is 1.18 bits per heavy atom. The molecule has 0 aliphatic heterocycles. The Labute approximate surface area is 105 Å². The van der Waals surface area contributed by atoms with E-state index in [-0.39, 0.29) is 5.04 Å². The summed E-state index contributed by atoms with van der Waals surface area (Å²) in [5.74, 6) is 0. The predicted molar refractivity (Wildman–Crippen MR) is 72.4 cm³/mol. The van der Waals surface area contributed by atoms with Gasteiger partial charge in [0.15, 0.2) is 14.0 Å². The fourth-order valence-electron chi connectivity index (χ4n) is 1.16. The van der Waals surface area contributed by atoms with E-state index in [0.717, 1.165) is 5.56 Å². The molecular weight excluding hydrogens is 228 g/mol. The van der Waals surface area contributed by atoms with Crippen molar-refractivity contribution in [3.05, 3.63) is 35.4 Å². The number of nitrogens with one attached hydrogen (secondary N) is 1. The first-order valence-electron chi connectivity index (χ1n) is 5.89. The van der Waals surface area contributed by atoms with Crippen LogP contribution in [0.15, 0.2) is 24.3 Å². The molecule has 1 aromatic carbocycles. The van der Waals surface area contributed by atoms with Gasteiger partial charge < -0.3 is 9.96 Å². The molecule has 1 aromatic rings. The summed E-state index contributed by atoms with van der Waals surface area (Å²) in [6.45, 7) is 11.8. The van der Waals surface area contributed by atoms with Crippen LogP contribution in [0.1, 0.15) is 26.3 Å². The van der Waals surface area contributed by atoms with E-state index in [9.17, 15) is 0 Å². The third-order valence-corrected chi connectivity index (χ3v) is 7.97. The van der Waals surface area contributed by atoms with Gasteiger partial charge in [-0.3, -0.25) is 5.11 Å². The highest BCUT2D eigenvalue weighted by Gasteiger charge is 2.36. The molecule has 3 nitrogen and oxygen atoms in total. The molecule has 17 heavy (non-hydrogen) atoms. The molecule has 4 heteroatoms. The minimum atomic E-state index is -1.67. The van der Waals surface area contributed by atoms with Crippen molar-refractivity contribution < 1.29 is 9.54 Å². The van der Waals surface area contributed by atoms with Crippen LogP contribution in [0.25, 0.3) is 5.53 Å². The van der Waals surface area contributed by atoms with E-state index < -0.39 is 8.32 Å². The van der Waals surface area contributed by atoms with Gasteiger partial charge in [0.25, 0.3) is 0 Å². The highest BCUT2D eigenvalue weighted by atomic mass is 28.4. The molecule has 0 saturated heterocycles. The minimum absolute atomic E-state index is 0.236. The van der Waals surface area contributed by atoms with Crippen LogP contribution in [0.3, 0.4) is 0 Å². The Morgan fingerprint density at radius 3 is 2.12 bits per heavy atom. The van der Waals surface area contributed by atoms with Gasteiger partial charge in [-0.1, -0.05) is 32.9 Å². The van der Waals surface area contributed by atoms with Gasteiger partial charge in [-0.2, -0.15) is 0 Å². The maximum Gasteiger partial charge on any atom is 0.192 e. The molecule has 0 aromatic heterocycles. The zero-order chi connectivity index (χ0) is 13.1. The van der Waals surface area contributed by atoms with Crippen molar-refractivity contribution in [1.82, 2.24) is 0 Å². The van der Waals surface area contributed by atoms with E-state index in [1.54, 1.807) is 0 Å². The maximum absolute atomic E-state index is 8.72. The minimum Gasteiger partial charge on any atom is -0.502 e. The third kappa shape index (κ3) is 3.75. The third-order valence-electron chi connectivity index (χ3n) is 3.49. The second-order valence-electron chi connectivity index (χ2n) is 5.86. The number of rotatable bonds is 4. The molecule has 0 aliphatic carbocycles. The smallest absolute Gasteiger partial charge is 0.192 e. The van der Waals surface area contributed by atoms with Crippen molar-refractivity contribution in [2.75, 3.05) is 0 Å². The summed E-state index contributed by atoms with van der Waals surface area (Å²) in [5, 5.41) is 2.35. The van der Waals surface area contributed by atoms with Crippen molar-refractivity contribution in [3.63, 3.8) is 0 Å². The topological polar surface area (TPSA) is 45.5 Å². The lowest BCUT2D eigenvalue weighted by molar-refractivity contribution is -0.379. The van der Waals surface area contributed by atoms with Gasteiger partial charge in [-0.15, -0.1) is 0 Å². The Morgan fingerprint density at radius 2 is 1.71 bits per heavy atom. The molecule has 0 spiro atoms. The van der Waals surface area contributed by atoms with Crippen molar-refractivity contribution in [2.45, 2.75) is 45.5 Å². The van der Waals surface area contributed by atoms with Crippen LogP contribution in [0.5, 0.6) is 0 Å². The molecule has 0 fully saturated rings. The van der Waals surface area contributed by atoms with Crippen LogP contribution >= 0.6 is 0 Å². The Hall–Kier alpha value is -1.00. The zero-order valence-corrected chi connectivity index (χ0v) is 12.4. The summed E-state index contributed by atoms with van der Waals surface area (Å²) in [7, 11) is -1.67. The van der Waals surface area contributed by atoms with Crippen molar-refractivity contribution in [1.29, 1.82) is 0 Å². The van der Waals surface area contributed by atoms with E-state index in [1.807, 2.05) is 24.3 Å². The van der Waals surface area contributed by atoms with Gasteiger partial charge in [0.1, 0.15) is 0 Å². The van der Waals surface area contributed by atoms with Gasteiger partial charge in [-0.25, -0.2) is 0 Å². The molecule has 0 bridgehead atoms. The van der Waals surface area contributed by atoms with E-state index in [4.69, 9.17) is 9.96 Å². The molecule has 0 unspecified atom stereocenters. The van der Waals surface area contributed by atoms with Crippen LogP contribution < -0.4 is 5.11 Å². The Bertz CT molecular complexity index is 379. The molecule has 0 amide bonds. The Kier molecular flexibility index (Phi) is 4.22. The quantitative estimate of drug-likeness (QED) is 0.648.